The molecule has 1 aromatic rings. The fraction of sp³-hybridized carbons (Fsp3) is 0.700. The predicted octanol–water partition coefficient (Wildman–Crippen LogP) is 8.10. The van der Waals surface area contributed by atoms with Crippen LogP contribution in [0.4, 0.5) is 0 Å². The van der Waals surface area contributed by atoms with E-state index in [1.807, 2.05) is 0 Å². The van der Waals surface area contributed by atoms with Crippen LogP contribution in [0.3, 0.4) is 0 Å². The Balaban J connectivity index is 2.87. The molecule has 0 heterocycles. The first-order valence-electron chi connectivity index (χ1n) is 14.3. The Morgan fingerprint density at radius 3 is 1.48 bits per heavy atom. The topological polar surface area (TPSA) is 78.9 Å². The van der Waals surface area contributed by atoms with E-state index in [0.29, 0.717) is 0 Å². The van der Waals surface area contributed by atoms with Gasteiger partial charge in [-0.3, -0.25) is 4.79 Å². The third-order valence-corrected chi connectivity index (χ3v) is 24.7. The number of sulfone groups is 1. The van der Waals surface area contributed by atoms with Crippen LogP contribution in [0.15, 0.2) is 46.2 Å². The Morgan fingerprint density at radius 1 is 0.650 bits per heavy atom. The summed E-state index contributed by atoms with van der Waals surface area (Å²) in [6, 6.07) is 8.13. The Bertz CT molecular complexity index is 1200. The van der Waals surface area contributed by atoms with Crippen LogP contribution in [-0.2, 0) is 27.9 Å². The molecule has 0 unspecified atom stereocenters. The molecule has 1 aromatic carbocycles. The summed E-state index contributed by atoms with van der Waals surface area (Å²) in [5.41, 5.74) is 0. The first-order chi connectivity index (χ1) is 17.7. The van der Waals surface area contributed by atoms with E-state index >= 15 is 0 Å². The number of Topliss-reactive ketones (excluding diaryl/α,β-unsaturated/α-hetero) is 1. The zero-order valence-corrected chi connectivity index (χ0v) is 31.4. The molecule has 1 aliphatic rings. The van der Waals surface area contributed by atoms with Crippen LogP contribution in [0, 0.1) is 0 Å². The molecule has 0 amide bonds. The summed E-state index contributed by atoms with van der Waals surface area (Å²) in [5, 5.41) is -0.485. The quantitative estimate of drug-likeness (QED) is 0.271. The minimum Gasteiger partial charge on any atom is -0.408 e. The number of carbonyl (C=O) groups is 1. The van der Waals surface area contributed by atoms with Crippen molar-refractivity contribution in [1.29, 1.82) is 0 Å². The number of rotatable bonds is 8. The zero-order valence-electron chi connectivity index (χ0n) is 27.6. The molecular weight excluding hydrogens is 573 g/mol. The molecule has 0 aromatic heterocycles. The standard InChI is InChI=1S/C30H54O6SSi3/c1-28(2,3)38(10,11)34-23-21-24(37(32,33)22-19-17-16-18-20-22)25(31)27(36-40(14,15)30(7,8)9)26(23)35-39(12,13)29(4,5)6/h16-21,23,26-27H,1-15H3/t23-,26+,27+/m1/s1. The van der Waals surface area contributed by atoms with Crippen LogP contribution in [0.5, 0.6) is 0 Å². The van der Waals surface area contributed by atoms with Crippen LogP contribution < -0.4 is 0 Å². The summed E-state index contributed by atoms with van der Waals surface area (Å²) in [7, 11) is -11.5. The summed E-state index contributed by atoms with van der Waals surface area (Å²) >= 11 is 0. The van der Waals surface area contributed by atoms with E-state index in [1.54, 1.807) is 18.2 Å². The molecular formula is C30H54O6SSi3. The summed E-state index contributed by atoms with van der Waals surface area (Å²) in [6.45, 7) is 31.9. The third kappa shape index (κ3) is 7.36. The molecule has 0 N–H and O–H groups in total. The van der Waals surface area contributed by atoms with Crippen molar-refractivity contribution in [3.63, 3.8) is 0 Å². The molecule has 10 heteroatoms. The highest BCUT2D eigenvalue weighted by Gasteiger charge is 2.54. The first kappa shape index (κ1) is 35.3. The maximum absolute atomic E-state index is 14.3. The van der Waals surface area contributed by atoms with Crippen molar-refractivity contribution in [2.75, 3.05) is 0 Å². The molecule has 2 rings (SSSR count). The largest absolute Gasteiger partial charge is 0.408 e. The molecule has 0 bridgehead atoms. The maximum atomic E-state index is 14.3. The Labute approximate surface area is 247 Å². The lowest BCUT2D eigenvalue weighted by Crippen LogP contribution is -2.61. The number of ketones is 1. The minimum absolute atomic E-state index is 0.0792. The minimum atomic E-state index is -4.12. The van der Waals surface area contributed by atoms with E-state index in [-0.39, 0.29) is 24.9 Å². The van der Waals surface area contributed by atoms with Crippen molar-refractivity contribution in [2.45, 2.75) is 140 Å². The average Bonchev–Trinajstić information content (AvgIpc) is 2.75. The van der Waals surface area contributed by atoms with E-state index in [0.717, 1.165) is 0 Å². The smallest absolute Gasteiger partial charge is 0.209 e. The molecule has 40 heavy (non-hydrogen) atoms. The van der Waals surface area contributed by atoms with Gasteiger partial charge in [-0.05, 0) is 72.6 Å². The molecule has 6 nitrogen and oxygen atoms in total. The van der Waals surface area contributed by atoms with Crippen molar-refractivity contribution in [3.8, 4) is 0 Å². The molecule has 3 atom stereocenters. The van der Waals surface area contributed by atoms with Gasteiger partial charge in [-0.15, -0.1) is 0 Å². The second-order valence-electron chi connectivity index (χ2n) is 15.7. The molecule has 0 saturated heterocycles. The van der Waals surface area contributed by atoms with Gasteiger partial charge in [0.2, 0.25) is 15.6 Å². The van der Waals surface area contributed by atoms with Crippen molar-refractivity contribution >= 4 is 40.6 Å². The van der Waals surface area contributed by atoms with Crippen molar-refractivity contribution in [3.05, 3.63) is 41.3 Å². The molecule has 0 saturated carbocycles. The average molecular weight is 627 g/mol. The van der Waals surface area contributed by atoms with Crippen LogP contribution in [0.1, 0.15) is 62.3 Å². The fourth-order valence-corrected chi connectivity index (χ4v) is 8.84. The number of hydrogen-bond donors (Lipinski definition) is 0. The molecule has 228 valence electrons. The Hall–Kier alpha value is -0.889. The fourth-order valence-electron chi connectivity index (χ4n) is 3.62. The number of hydrogen-bond acceptors (Lipinski definition) is 6. The van der Waals surface area contributed by atoms with Gasteiger partial charge in [0.15, 0.2) is 25.0 Å². The lowest BCUT2D eigenvalue weighted by molar-refractivity contribution is -0.131. The van der Waals surface area contributed by atoms with E-state index in [1.165, 1.54) is 18.2 Å². The summed E-state index contributed by atoms with van der Waals surface area (Å²) < 4.78 is 48.7. The summed E-state index contributed by atoms with van der Waals surface area (Å²) in [4.78, 5) is 14.2. The molecule has 0 fully saturated rings. The monoisotopic (exact) mass is 626 g/mol. The Kier molecular flexibility index (Phi) is 9.99. The highest BCUT2D eigenvalue weighted by atomic mass is 32.2. The molecule has 0 radical (unpaired) electrons. The second-order valence-corrected chi connectivity index (χ2v) is 31.9. The lowest BCUT2D eigenvalue weighted by atomic mass is 9.97. The third-order valence-electron chi connectivity index (χ3n) is 9.48. The van der Waals surface area contributed by atoms with Gasteiger partial charge in [0, 0.05) is 0 Å². The van der Waals surface area contributed by atoms with E-state index < -0.39 is 58.9 Å². The molecule has 1 aliphatic carbocycles. The number of benzene rings is 1. The van der Waals surface area contributed by atoms with Gasteiger partial charge in [0.25, 0.3) is 0 Å². The van der Waals surface area contributed by atoms with E-state index in [9.17, 15) is 13.2 Å². The van der Waals surface area contributed by atoms with Crippen molar-refractivity contribution in [2.24, 2.45) is 0 Å². The normalized spacial score (nSPS) is 22.3. The zero-order chi connectivity index (χ0) is 31.3. The van der Waals surface area contributed by atoms with Gasteiger partial charge in [-0.2, -0.15) is 0 Å². The summed E-state index contributed by atoms with van der Waals surface area (Å²) in [6.07, 6.45) is -1.08. The molecule has 0 spiro atoms. The van der Waals surface area contributed by atoms with Gasteiger partial charge in [-0.25, -0.2) is 8.42 Å². The van der Waals surface area contributed by atoms with Crippen LogP contribution in [0.25, 0.3) is 0 Å². The van der Waals surface area contributed by atoms with Gasteiger partial charge < -0.3 is 13.3 Å². The second kappa shape index (κ2) is 11.3. The highest BCUT2D eigenvalue weighted by molar-refractivity contribution is 7.96. The van der Waals surface area contributed by atoms with E-state index in [2.05, 4.69) is 102 Å². The van der Waals surface area contributed by atoms with Crippen molar-refractivity contribution < 1.29 is 26.5 Å². The highest BCUT2D eigenvalue weighted by Crippen LogP contribution is 2.45. The van der Waals surface area contributed by atoms with Crippen LogP contribution >= 0.6 is 0 Å². The van der Waals surface area contributed by atoms with Crippen molar-refractivity contribution in [1.82, 2.24) is 0 Å². The van der Waals surface area contributed by atoms with Gasteiger partial charge in [-0.1, -0.05) is 80.5 Å². The van der Waals surface area contributed by atoms with Gasteiger partial charge in [0.05, 0.1) is 11.0 Å². The van der Waals surface area contributed by atoms with E-state index in [4.69, 9.17) is 13.3 Å². The maximum Gasteiger partial charge on any atom is 0.209 e. The van der Waals surface area contributed by atoms with Crippen LogP contribution in [-0.4, -0.2) is 57.5 Å². The predicted molar refractivity (Wildman–Crippen MR) is 173 cm³/mol. The van der Waals surface area contributed by atoms with Crippen LogP contribution in [0.2, 0.25) is 54.4 Å². The van der Waals surface area contributed by atoms with Gasteiger partial charge in [0.1, 0.15) is 17.1 Å². The lowest BCUT2D eigenvalue weighted by Gasteiger charge is -2.49. The van der Waals surface area contributed by atoms with Gasteiger partial charge >= 0.3 is 0 Å². The number of carbonyl (C=O) groups excluding carboxylic acids is 1. The molecule has 0 aliphatic heterocycles. The SMILES string of the molecule is CC(C)(C)[Si](C)(C)O[C@H]1[C@H](O[Si](C)(C)C(C)(C)C)C=C(S(=O)(=O)c2ccccc2)C(=O)[C@@H]1O[Si](C)(C)C(C)(C)C. The first-order valence-corrected chi connectivity index (χ1v) is 24.5. The summed E-state index contributed by atoms with van der Waals surface area (Å²) in [5.74, 6) is -0.549. The Morgan fingerprint density at radius 2 is 1.05 bits per heavy atom.